The minimum absolute atomic E-state index is 0.0269. The predicted octanol–water partition coefficient (Wildman–Crippen LogP) is 7.03. The van der Waals surface area contributed by atoms with Crippen LogP contribution < -0.4 is 5.11 Å². The van der Waals surface area contributed by atoms with Crippen molar-refractivity contribution in [1.29, 1.82) is 0 Å². The van der Waals surface area contributed by atoms with E-state index in [9.17, 15) is 34.2 Å². The fraction of sp³-hybridized carbons (Fsp3) is 0.865. The first-order valence-corrected chi connectivity index (χ1v) is 18.8. The molecule has 0 rings (SSSR count). The summed E-state index contributed by atoms with van der Waals surface area (Å²) in [6.45, 7) is 2.12. The van der Waals surface area contributed by atoms with Crippen LogP contribution >= 0.6 is 0 Å². The smallest absolute Gasteiger partial charge is 0.306 e. The van der Waals surface area contributed by atoms with Crippen LogP contribution in [0, 0.1) is 0 Å². The SMILES string of the molecule is CCCCCCC(O)CC(OC(=O)CCCCCCCC(=O)O)C(CCCCCCCC(=O)[O-])OC(=O)CCCCCCCCC(=O)O. The first kappa shape index (κ1) is 45.3. The zero-order valence-electron chi connectivity index (χ0n) is 29.6. The average molecular weight is 686 g/mol. The molecule has 0 aromatic carbocycles. The molecule has 0 aliphatic heterocycles. The highest BCUT2D eigenvalue weighted by atomic mass is 16.6. The number of hydrogen-bond donors (Lipinski definition) is 3. The molecular formula is C37H65O11-. The highest BCUT2D eigenvalue weighted by molar-refractivity contribution is 5.70. The van der Waals surface area contributed by atoms with Gasteiger partial charge < -0.3 is 34.7 Å². The molecule has 48 heavy (non-hydrogen) atoms. The third-order valence-electron chi connectivity index (χ3n) is 8.54. The molecule has 0 saturated carbocycles. The summed E-state index contributed by atoms with van der Waals surface area (Å²) < 4.78 is 11.9. The summed E-state index contributed by atoms with van der Waals surface area (Å²) in [7, 11) is 0. The summed E-state index contributed by atoms with van der Waals surface area (Å²) in [5, 5.41) is 39.1. The fourth-order valence-corrected chi connectivity index (χ4v) is 5.72. The number of esters is 2. The van der Waals surface area contributed by atoms with Gasteiger partial charge in [0.1, 0.15) is 12.2 Å². The van der Waals surface area contributed by atoms with E-state index in [2.05, 4.69) is 6.92 Å². The van der Waals surface area contributed by atoms with Crippen molar-refractivity contribution in [3.8, 4) is 0 Å². The Labute approximate surface area is 288 Å². The van der Waals surface area contributed by atoms with Gasteiger partial charge in [-0.15, -0.1) is 0 Å². The van der Waals surface area contributed by atoms with Gasteiger partial charge in [0, 0.05) is 38.1 Å². The molecule has 0 fully saturated rings. The summed E-state index contributed by atoms with van der Waals surface area (Å²) in [4.78, 5) is 58.0. The van der Waals surface area contributed by atoms with Gasteiger partial charge in [0.15, 0.2) is 0 Å². The van der Waals surface area contributed by atoms with Crippen LogP contribution in [0.1, 0.15) is 187 Å². The molecule has 0 heterocycles. The second-order valence-corrected chi connectivity index (χ2v) is 13.2. The first-order chi connectivity index (χ1) is 23.0. The van der Waals surface area contributed by atoms with E-state index in [0.29, 0.717) is 51.4 Å². The number of rotatable bonds is 35. The van der Waals surface area contributed by atoms with Gasteiger partial charge in [-0.05, 0) is 57.8 Å². The third-order valence-corrected chi connectivity index (χ3v) is 8.54. The highest BCUT2D eigenvalue weighted by Gasteiger charge is 2.30. The molecule has 0 aliphatic rings. The van der Waals surface area contributed by atoms with Crippen LogP contribution in [0.3, 0.4) is 0 Å². The van der Waals surface area contributed by atoms with Crippen molar-refractivity contribution in [2.75, 3.05) is 0 Å². The number of unbranched alkanes of at least 4 members (excludes halogenated alkanes) is 16. The van der Waals surface area contributed by atoms with Gasteiger partial charge in [0.25, 0.3) is 0 Å². The second-order valence-electron chi connectivity index (χ2n) is 13.2. The largest absolute Gasteiger partial charge is 0.550 e. The van der Waals surface area contributed by atoms with Crippen LogP contribution in [-0.4, -0.2) is 63.5 Å². The van der Waals surface area contributed by atoms with Crippen molar-refractivity contribution in [2.45, 2.75) is 205 Å². The molecule has 0 radical (unpaired) electrons. The Kier molecular flexibility index (Phi) is 29.8. The van der Waals surface area contributed by atoms with Crippen molar-refractivity contribution in [2.24, 2.45) is 0 Å². The Balaban J connectivity index is 5.25. The van der Waals surface area contributed by atoms with Crippen LogP contribution in [0.5, 0.6) is 0 Å². The topological polar surface area (TPSA) is 188 Å². The minimum atomic E-state index is -1.06. The Morgan fingerprint density at radius 1 is 0.500 bits per heavy atom. The van der Waals surface area contributed by atoms with Gasteiger partial charge in [-0.2, -0.15) is 0 Å². The quantitative estimate of drug-likeness (QED) is 0.0459. The lowest BCUT2D eigenvalue weighted by Crippen LogP contribution is -2.38. The molecule has 3 N–H and O–H groups in total. The van der Waals surface area contributed by atoms with Gasteiger partial charge in [-0.1, -0.05) is 96.8 Å². The van der Waals surface area contributed by atoms with E-state index in [1.165, 1.54) is 0 Å². The lowest BCUT2D eigenvalue weighted by Gasteiger charge is -2.29. The predicted molar refractivity (Wildman–Crippen MR) is 181 cm³/mol. The maximum atomic E-state index is 13.0. The molecule has 0 aliphatic carbocycles. The molecule has 11 heteroatoms. The Morgan fingerprint density at radius 3 is 1.33 bits per heavy atom. The minimum Gasteiger partial charge on any atom is -0.550 e. The standard InChI is InChI=1S/C37H66O11/c1-2-3-4-15-22-30(38)29-32(48-37(46)28-21-14-8-12-19-26-35(43)44)31(23-16-9-7-11-18-25-34(41)42)47-36(45)27-20-13-6-5-10-17-24-33(39)40/h30-32,38H,2-29H2,1H3,(H,39,40)(H,41,42)(H,43,44)/p-1. The lowest BCUT2D eigenvalue weighted by molar-refractivity contribution is -0.305. The molecule has 0 bridgehead atoms. The maximum Gasteiger partial charge on any atom is 0.306 e. The third kappa shape index (κ3) is 30.6. The number of carboxylic acids is 3. The zero-order chi connectivity index (χ0) is 35.8. The fourth-order valence-electron chi connectivity index (χ4n) is 5.72. The van der Waals surface area contributed by atoms with Crippen LogP contribution in [0.2, 0.25) is 0 Å². The number of carbonyl (C=O) groups is 5. The van der Waals surface area contributed by atoms with Crippen molar-refractivity contribution in [3.05, 3.63) is 0 Å². The molecule has 0 aromatic heterocycles. The first-order valence-electron chi connectivity index (χ1n) is 18.8. The molecule has 280 valence electrons. The Bertz CT molecular complexity index is 860. The summed E-state index contributed by atoms with van der Waals surface area (Å²) in [5.74, 6) is -3.44. The summed E-state index contributed by atoms with van der Waals surface area (Å²) in [6, 6.07) is 0. The van der Waals surface area contributed by atoms with E-state index < -0.39 is 42.2 Å². The number of ether oxygens (including phenoxy) is 2. The Hall–Kier alpha value is -2.69. The maximum absolute atomic E-state index is 13.0. The molecule has 11 nitrogen and oxygen atoms in total. The highest BCUT2D eigenvalue weighted by Crippen LogP contribution is 2.23. The molecular weight excluding hydrogens is 620 g/mol. The van der Waals surface area contributed by atoms with Crippen molar-refractivity contribution < 1.29 is 53.9 Å². The van der Waals surface area contributed by atoms with E-state index in [1.807, 2.05) is 0 Å². The van der Waals surface area contributed by atoms with Crippen molar-refractivity contribution in [3.63, 3.8) is 0 Å². The van der Waals surface area contributed by atoms with E-state index in [0.717, 1.165) is 89.9 Å². The summed E-state index contributed by atoms with van der Waals surface area (Å²) in [6.07, 6.45) is 15.7. The monoisotopic (exact) mass is 685 g/mol. The van der Waals surface area contributed by atoms with E-state index in [-0.39, 0.29) is 44.5 Å². The van der Waals surface area contributed by atoms with Crippen LogP contribution in [0.4, 0.5) is 0 Å². The molecule has 3 unspecified atom stereocenters. The average Bonchev–Trinajstić information content (AvgIpc) is 3.02. The van der Waals surface area contributed by atoms with Crippen molar-refractivity contribution >= 4 is 29.8 Å². The van der Waals surface area contributed by atoms with Gasteiger partial charge in [-0.25, -0.2) is 0 Å². The van der Waals surface area contributed by atoms with Gasteiger partial charge in [0.2, 0.25) is 0 Å². The van der Waals surface area contributed by atoms with E-state index >= 15 is 0 Å². The second kappa shape index (κ2) is 31.6. The Morgan fingerprint density at radius 2 is 0.875 bits per heavy atom. The van der Waals surface area contributed by atoms with Crippen LogP contribution in [0.15, 0.2) is 0 Å². The van der Waals surface area contributed by atoms with Gasteiger partial charge in [-0.3, -0.25) is 19.2 Å². The molecule has 0 amide bonds. The van der Waals surface area contributed by atoms with Gasteiger partial charge >= 0.3 is 23.9 Å². The molecule has 0 saturated heterocycles. The van der Waals surface area contributed by atoms with E-state index in [1.54, 1.807) is 0 Å². The van der Waals surface area contributed by atoms with Crippen LogP contribution in [0.25, 0.3) is 0 Å². The number of carbonyl (C=O) groups excluding carboxylic acids is 3. The number of hydrogen-bond acceptors (Lipinski definition) is 9. The normalized spacial score (nSPS) is 13.0. The van der Waals surface area contributed by atoms with Crippen LogP contribution in [-0.2, 0) is 33.4 Å². The molecule has 3 atom stereocenters. The van der Waals surface area contributed by atoms with Crippen molar-refractivity contribution in [1.82, 2.24) is 0 Å². The molecule has 0 aromatic rings. The number of aliphatic carboxylic acids is 3. The van der Waals surface area contributed by atoms with E-state index in [4.69, 9.17) is 19.7 Å². The number of carboxylic acid groups (broad SMARTS) is 3. The number of aliphatic hydroxyl groups excluding tert-OH is 1. The number of aliphatic hydroxyl groups is 1. The van der Waals surface area contributed by atoms with Gasteiger partial charge in [0.05, 0.1) is 6.10 Å². The zero-order valence-corrected chi connectivity index (χ0v) is 29.6. The summed E-state index contributed by atoms with van der Waals surface area (Å²) in [5.41, 5.74) is 0. The molecule has 0 spiro atoms. The summed E-state index contributed by atoms with van der Waals surface area (Å²) >= 11 is 0. The lowest BCUT2D eigenvalue weighted by atomic mass is 9.97.